The predicted molar refractivity (Wildman–Crippen MR) is 78.1 cm³/mol. The van der Waals surface area contributed by atoms with Crippen LogP contribution in [-0.4, -0.2) is 20.1 Å². The van der Waals surface area contributed by atoms with Crippen LogP contribution in [0.15, 0.2) is 33.2 Å². The molecule has 0 aliphatic rings. The molecular formula is C12H15NO3S3. The van der Waals surface area contributed by atoms with Gasteiger partial charge in [-0.3, -0.25) is 0 Å². The maximum atomic E-state index is 12.1. The molecule has 0 aliphatic heterocycles. The van der Waals surface area contributed by atoms with E-state index in [1.807, 2.05) is 17.7 Å². The third-order valence-electron chi connectivity index (χ3n) is 2.73. The zero-order valence-electron chi connectivity index (χ0n) is 10.6. The lowest BCUT2D eigenvalue weighted by Crippen LogP contribution is -2.38. The van der Waals surface area contributed by atoms with Crippen molar-refractivity contribution in [1.82, 2.24) is 4.72 Å². The predicted octanol–water partition coefficient (Wildman–Crippen LogP) is 2.30. The molecule has 104 valence electrons. The SMILES string of the molecule is Cc1ccc(S(=O)(=O)NCC(C)(O)c2ccsc2)s1. The molecule has 4 nitrogen and oxygen atoms in total. The van der Waals surface area contributed by atoms with Crippen LogP contribution in [0.25, 0.3) is 0 Å². The lowest BCUT2D eigenvalue weighted by atomic mass is 10.0. The zero-order chi connectivity index (χ0) is 14.1. The Labute approximate surface area is 120 Å². The van der Waals surface area contributed by atoms with E-state index < -0.39 is 15.6 Å². The number of rotatable bonds is 5. The van der Waals surface area contributed by atoms with E-state index in [1.165, 1.54) is 22.7 Å². The maximum absolute atomic E-state index is 12.1. The van der Waals surface area contributed by atoms with E-state index in [2.05, 4.69) is 4.72 Å². The summed E-state index contributed by atoms with van der Waals surface area (Å²) in [6.45, 7) is 3.39. The van der Waals surface area contributed by atoms with Gasteiger partial charge in [-0.15, -0.1) is 11.3 Å². The van der Waals surface area contributed by atoms with Gasteiger partial charge in [0.15, 0.2) is 0 Å². The fourth-order valence-electron chi connectivity index (χ4n) is 1.54. The van der Waals surface area contributed by atoms with Crippen molar-refractivity contribution < 1.29 is 13.5 Å². The second-order valence-electron chi connectivity index (χ2n) is 4.48. The van der Waals surface area contributed by atoms with E-state index in [0.717, 1.165) is 4.88 Å². The van der Waals surface area contributed by atoms with Crippen molar-refractivity contribution in [1.29, 1.82) is 0 Å². The molecule has 0 saturated heterocycles. The van der Waals surface area contributed by atoms with Crippen LogP contribution in [-0.2, 0) is 15.6 Å². The molecule has 0 radical (unpaired) electrons. The smallest absolute Gasteiger partial charge is 0.250 e. The summed E-state index contributed by atoms with van der Waals surface area (Å²) in [7, 11) is -3.55. The third kappa shape index (κ3) is 3.43. The molecule has 0 fully saturated rings. The lowest BCUT2D eigenvalue weighted by molar-refractivity contribution is 0.0632. The molecule has 2 rings (SSSR count). The average Bonchev–Trinajstić information content (AvgIpc) is 2.97. The number of hydrogen-bond donors (Lipinski definition) is 2. The Bertz CT molecular complexity index is 642. The van der Waals surface area contributed by atoms with Crippen LogP contribution in [0.1, 0.15) is 17.4 Å². The Hall–Kier alpha value is -0.730. The van der Waals surface area contributed by atoms with Gasteiger partial charge < -0.3 is 5.11 Å². The lowest BCUT2D eigenvalue weighted by Gasteiger charge is -2.22. The van der Waals surface area contributed by atoms with Crippen LogP contribution < -0.4 is 4.72 Å². The summed E-state index contributed by atoms with van der Waals surface area (Å²) in [6.07, 6.45) is 0. The van der Waals surface area contributed by atoms with Crippen LogP contribution in [0.3, 0.4) is 0 Å². The molecule has 1 unspecified atom stereocenters. The van der Waals surface area contributed by atoms with Crippen molar-refractivity contribution in [2.75, 3.05) is 6.54 Å². The van der Waals surface area contributed by atoms with Crippen LogP contribution in [0.2, 0.25) is 0 Å². The Morgan fingerprint density at radius 1 is 1.37 bits per heavy atom. The van der Waals surface area contributed by atoms with E-state index in [9.17, 15) is 13.5 Å². The highest BCUT2D eigenvalue weighted by molar-refractivity contribution is 7.91. The van der Waals surface area contributed by atoms with Gasteiger partial charge in [-0.05, 0) is 48.4 Å². The van der Waals surface area contributed by atoms with Gasteiger partial charge in [-0.25, -0.2) is 13.1 Å². The van der Waals surface area contributed by atoms with Crippen molar-refractivity contribution in [3.8, 4) is 0 Å². The number of nitrogens with one attached hydrogen (secondary N) is 1. The standard InChI is InChI=1S/C12H15NO3S3/c1-9-3-4-11(18-9)19(15,16)13-8-12(2,14)10-5-6-17-7-10/h3-7,13-14H,8H2,1-2H3. The second-order valence-corrected chi connectivity index (χ2v) is 8.54. The minimum atomic E-state index is -3.55. The van der Waals surface area contributed by atoms with Gasteiger partial charge in [0.05, 0.1) is 0 Å². The first-order valence-corrected chi connectivity index (χ1v) is 8.87. The first-order valence-electron chi connectivity index (χ1n) is 5.62. The maximum Gasteiger partial charge on any atom is 0.250 e. The van der Waals surface area contributed by atoms with E-state index in [1.54, 1.807) is 25.1 Å². The molecule has 0 aliphatic carbocycles. The van der Waals surface area contributed by atoms with Crippen molar-refractivity contribution in [2.24, 2.45) is 0 Å². The molecule has 19 heavy (non-hydrogen) atoms. The van der Waals surface area contributed by atoms with Crippen molar-refractivity contribution in [3.05, 3.63) is 39.4 Å². The van der Waals surface area contributed by atoms with Gasteiger partial charge >= 0.3 is 0 Å². The molecule has 1 atom stereocenters. The normalized spacial score (nSPS) is 15.3. The Balaban J connectivity index is 2.10. The Kier molecular flexibility index (Phi) is 4.12. The molecule has 2 aromatic heterocycles. The van der Waals surface area contributed by atoms with Gasteiger partial charge in [0.1, 0.15) is 9.81 Å². The monoisotopic (exact) mass is 317 g/mol. The molecule has 0 amide bonds. The van der Waals surface area contributed by atoms with Crippen LogP contribution in [0, 0.1) is 6.92 Å². The van der Waals surface area contributed by atoms with Gasteiger partial charge in [-0.1, -0.05) is 0 Å². The Morgan fingerprint density at radius 3 is 2.63 bits per heavy atom. The number of sulfonamides is 1. The molecule has 0 aromatic carbocycles. The highest BCUT2D eigenvalue weighted by atomic mass is 32.2. The van der Waals surface area contributed by atoms with Crippen molar-refractivity contribution in [2.45, 2.75) is 23.7 Å². The van der Waals surface area contributed by atoms with E-state index in [0.29, 0.717) is 5.56 Å². The van der Waals surface area contributed by atoms with Crippen molar-refractivity contribution in [3.63, 3.8) is 0 Å². The molecular weight excluding hydrogens is 302 g/mol. The fraction of sp³-hybridized carbons (Fsp3) is 0.333. The molecule has 7 heteroatoms. The van der Waals surface area contributed by atoms with E-state index in [4.69, 9.17) is 0 Å². The molecule has 0 spiro atoms. The first-order chi connectivity index (χ1) is 8.81. The molecule has 0 bridgehead atoms. The van der Waals surface area contributed by atoms with E-state index in [-0.39, 0.29) is 10.8 Å². The average molecular weight is 317 g/mol. The van der Waals surface area contributed by atoms with Crippen LogP contribution in [0.4, 0.5) is 0 Å². The molecule has 2 N–H and O–H groups in total. The van der Waals surface area contributed by atoms with Gasteiger partial charge in [0, 0.05) is 11.4 Å². The third-order valence-corrected chi connectivity index (χ3v) is 6.31. The quantitative estimate of drug-likeness (QED) is 0.889. The fourth-order valence-corrected chi connectivity index (χ4v) is 4.78. The largest absolute Gasteiger partial charge is 0.384 e. The van der Waals surface area contributed by atoms with Gasteiger partial charge in [0.25, 0.3) is 0 Å². The summed E-state index contributed by atoms with van der Waals surface area (Å²) in [6, 6.07) is 5.12. The summed E-state index contributed by atoms with van der Waals surface area (Å²) < 4.78 is 26.8. The minimum Gasteiger partial charge on any atom is -0.384 e. The molecule has 2 aromatic rings. The number of aryl methyl sites for hydroxylation is 1. The highest BCUT2D eigenvalue weighted by Gasteiger charge is 2.27. The molecule has 2 heterocycles. The highest BCUT2D eigenvalue weighted by Crippen LogP contribution is 2.24. The van der Waals surface area contributed by atoms with Crippen LogP contribution in [0.5, 0.6) is 0 Å². The summed E-state index contributed by atoms with van der Waals surface area (Å²) in [4.78, 5) is 0.935. The second kappa shape index (κ2) is 5.34. The summed E-state index contributed by atoms with van der Waals surface area (Å²) in [5.74, 6) is 0. The van der Waals surface area contributed by atoms with Crippen LogP contribution >= 0.6 is 22.7 Å². The number of aliphatic hydroxyl groups is 1. The first kappa shape index (κ1) is 14.7. The van der Waals surface area contributed by atoms with Gasteiger partial charge in [-0.2, -0.15) is 11.3 Å². The zero-order valence-corrected chi connectivity index (χ0v) is 13.0. The topological polar surface area (TPSA) is 66.4 Å². The summed E-state index contributed by atoms with van der Waals surface area (Å²) >= 11 is 2.68. The Morgan fingerprint density at radius 2 is 2.11 bits per heavy atom. The number of thiophene rings is 2. The summed E-state index contributed by atoms with van der Waals surface area (Å²) in [5, 5.41) is 13.9. The molecule has 0 saturated carbocycles. The minimum absolute atomic E-state index is 0.0526. The number of hydrogen-bond acceptors (Lipinski definition) is 5. The van der Waals surface area contributed by atoms with Crippen molar-refractivity contribution >= 4 is 32.7 Å². The van der Waals surface area contributed by atoms with Gasteiger partial charge in [0.2, 0.25) is 10.0 Å². The summed E-state index contributed by atoms with van der Waals surface area (Å²) in [5.41, 5.74) is -0.498. The van der Waals surface area contributed by atoms with E-state index >= 15 is 0 Å².